The number of hydrogen-bond acceptors (Lipinski definition) is 2. The first-order chi connectivity index (χ1) is 4.27. The summed E-state index contributed by atoms with van der Waals surface area (Å²) in [7, 11) is 0. The molecule has 0 aromatic rings. The molecule has 0 spiro atoms. The largest absolute Gasteiger partial charge is 0.444 e. The summed E-state index contributed by atoms with van der Waals surface area (Å²) in [6.07, 6.45) is 7.13. The molecule has 52 valence electrons. The summed E-state index contributed by atoms with van der Waals surface area (Å²) in [5, 5.41) is 0. The summed E-state index contributed by atoms with van der Waals surface area (Å²) in [5.41, 5.74) is 0. The number of ether oxygens (including phenoxy) is 2. The molecule has 0 N–H and O–H groups in total. The smallest absolute Gasteiger partial charge is 0.123 e. The van der Waals surface area contributed by atoms with Gasteiger partial charge in [-0.3, -0.25) is 0 Å². The van der Waals surface area contributed by atoms with E-state index in [1.165, 1.54) is 0 Å². The first-order valence-electron chi connectivity index (χ1n) is 2.96. The second-order valence-electron chi connectivity index (χ2n) is 1.89. The lowest BCUT2D eigenvalue weighted by Crippen LogP contribution is -2.07. The monoisotopic (exact) mass is 128 g/mol. The van der Waals surface area contributed by atoms with E-state index in [0.717, 1.165) is 0 Å². The fourth-order valence-corrected chi connectivity index (χ4v) is 0.384. The van der Waals surface area contributed by atoms with Crippen LogP contribution in [0.3, 0.4) is 0 Å². The maximum atomic E-state index is 5.12. The molecule has 0 radical (unpaired) electrons. The molecule has 0 aromatic carbocycles. The lowest BCUT2D eigenvalue weighted by Gasteiger charge is -2.04. The third-order valence-corrected chi connectivity index (χ3v) is 0.720. The van der Waals surface area contributed by atoms with Gasteiger partial charge in [0.05, 0.1) is 12.7 Å². The third kappa shape index (κ3) is 7.32. The SMILES string of the molecule is C#COCCOC(C)C. The molecular weight excluding hydrogens is 116 g/mol. The first kappa shape index (κ1) is 8.32. The highest BCUT2D eigenvalue weighted by molar-refractivity contribution is 4.67. The van der Waals surface area contributed by atoms with Gasteiger partial charge < -0.3 is 9.47 Å². The van der Waals surface area contributed by atoms with Gasteiger partial charge >= 0.3 is 0 Å². The van der Waals surface area contributed by atoms with Crippen LogP contribution in [-0.2, 0) is 9.47 Å². The number of terminal acetylenes is 1. The minimum Gasteiger partial charge on any atom is -0.444 e. The molecule has 2 heteroatoms. The normalized spacial score (nSPS) is 9.11. The van der Waals surface area contributed by atoms with Gasteiger partial charge in [0.2, 0.25) is 0 Å². The fourth-order valence-electron chi connectivity index (χ4n) is 0.384. The third-order valence-electron chi connectivity index (χ3n) is 0.720. The zero-order valence-electron chi connectivity index (χ0n) is 5.89. The maximum absolute atomic E-state index is 5.12. The van der Waals surface area contributed by atoms with Crippen LogP contribution in [0, 0.1) is 12.5 Å². The van der Waals surface area contributed by atoms with E-state index in [0.29, 0.717) is 13.2 Å². The van der Waals surface area contributed by atoms with E-state index in [-0.39, 0.29) is 6.10 Å². The van der Waals surface area contributed by atoms with Crippen molar-refractivity contribution in [2.75, 3.05) is 13.2 Å². The second-order valence-corrected chi connectivity index (χ2v) is 1.89. The highest BCUT2D eigenvalue weighted by Crippen LogP contribution is 1.85. The van der Waals surface area contributed by atoms with E-state index in [4.69, 9.17) is 11.2 Å². The van der Waals surface area contributed by atoms with Crippen molar-refractivity contribution in [3.8, 4) is 12.5 Å². The van der Waals surface area contributed by atoms with Crippen molar-refractivity contribution in [1.29, 1.82) is 0 Å². The predicted octanol–water partition coefficient (Wildman–Crippen LogP) is 1.02. The Kier molecular flexibility index (Phi) is 5.04. The Balaban J connectivity index is 2.85. The van der Waals surface area contributed by atoms with Crippen molar-refractivity contribution in [1.82, 2.24) is 0 Å². The van der Waals surface area contributed by atoms with Gasteiger partial charge in [-0.15, -0.1) is 0 Å². The molecule has 0 aliphatic heterocycles. The van der Waals surface area contributed by atoms with Crippen LogP contribution < -0.4 is 0 Å². The zero-order chi connectivity index (χ0) is 7.11. The molecule has 0 saturated heterocycles. The Labute approximate surface area is 56.2 Å². The Hall–Kier alpha value is -0.680. The molecule has 0 amide bonds. The van der Waals surface area contributed by atoms with E-state index in [9.17, 15) is 0 Å². The van der Waals surface area contributed by atoms with Crippen LogP contribution in [0.1, 0.15) is 13.8 Å². The maximum Gasteiger partial charge on any atom is 0.123 e. The van der Waals surface area contributed by atoms with Crippen LogP contribution in [-0.4, -0.2) is 19.3 Å². The van der Waals surface area contributed by atoms with Gasteiger partial charge in [0.1, 0.15) is 12.7 Å². The molecule has 0 fully saturated rings. The summed E-state index contributed by atoms with van der Waals surface area (Å²) < 4.78 is 9.71. The summed E-state index contributed by atoms with van der Waals surface area (Å²) in [6.45, 7) is 4.99. The van der Waals surface area contributed by atoms with Crippen LogP contribution in [0.15, 0.2) is 0 Å². The van der Waals surface area contributed by atoms with E-state index in [2.05, 4.69) is 10.8 Å². The molecule has 0 aromatic heterocycles. The van der Waals surface area contributed by atoms with Gasteiger partial charge in [-0.2, -0.15) is 0 Å². The van der Waals surface area contributed by atoms with Gasteiger partial charge in [-0.25, -0.2) is 0 Å². The van der Waals surface area contributed by atoms with Crippen LogP contribution >= 0.6 is 0 Å². The van der Waals surface area contributed by atoms with Crippen LogP contribution in [0.25, 0.3) is 0 Å². The summed E-state index contributed by atoms with van der Waals surface area (Å²) >= 11 is 0. The van der Waals surface area contributed by atoms with Crippen molar-refractivity contribution in [3.63, 3.8) is 0 Å². The summed E-state index contributed by atoms with van der Waals surface area (Å²) in [4.78, 5) is 0. The number of hydrogen-bond donors (Lipinski definition) is 0. The van der Waals surface area contributed by atoms with E-state index in [1.807, 2.05) is 13.8 Å². The summed E-state index contributed by atoms with van der Waals surface area (Å²) in [6, 6.07) is 0. The fraction of sp³-hybridized carbons (Fsp3) is 0.714. The van der Waals surface area contributed by atoms with E-state index >= 15 is 0 Å². The Morgan fingerprint density at radius 2 is 2.11 bits per heavy atom. The molecule has 0 atom stereocenters. The molecule has 0 rings (SSSR count). The van der Waals surface area contributed by atoms with E-state index < -0.39 is 0 Å². The van der Waals surface area contributed by atoms with Gasteiger partial charge in [0, 0.05) is 0 Å². The van der Waals surface area contributed by atoms with Gasteiger partial charge in [-0.05, 0) is 13.8 Å². The molecule has 0 heterocycles. The number of rotatable bonds is 4. The Morgan fingerprint density at radius 1 is 1.44 bits per heavy atom. The van der Waals surface area contributed by atoms with Crippen molar-refractivity contribution in [3.05, 3.63) is 0 Å². The van der Waals surface area contributed by atoms with Crippen molar-refractivity contribution in [2.24, 2.45) is 0 Å². The van der Waals surface area contributed by atoms with Crippen LogP contribution in [0.4, 0.5) is 0 Å². The minimum absolute atomic E-state index is 0.256. The quantitative estimate of drug-likeness (QED) is 0.415. The average Bonchev–Trinajstić information content (AvgIpc) is 1.80. The molecule has 0 unspecified atom stereocenters. The highest BCUT2D eigenvalue weighted by atomic mass is 16.5. The molecule has 9 heavy (non-hydrogen) atoms. The molecule has 0 aliphatic rings. The zero-order valence-corrected chi connectivity index (χ0v) is 5.89. The first-order valence-corrected chi connectivity index (χ1v) is 2.96. The standard InChI is InChI=1S/C7H12O2/c1-4-8-5-6-9-7(2)3/h1,7H,5-6H2,2-3H3. The second kappa shape index (κ2) is 5.46. The van der Waals surface area contributed by atoms with Crippen molar-refractivity contribution in [2.45, 2.75) is 20.0 Å². The molecular formula is C7H12O2. The van der Waals surface area contributed by atoms with Crippen LogP contribution in [0.2, 0.25) is 0 Å². The summed E-state index contributed by atoms with van der Waals surface area (Å²) in [5.74, 6) is 0. The van der Waals surface area contributed by atoms with Gasteiger partial charge in [-0.1, -0.05) is 6.42 Å². The molecule has 0 saturated carbocycles. The van der Waals surface area contributed by atoms with Crippen molar-refractivity contribution >= 4 is 0 Å². The van der Waals surface area contributed by atoms with Crippen LogP contribution in [0.5, 0.6) is 0 Å². The average molecular weight is 128 g/mol. The minimum atomic E-state index is 0.256. The lowest BCUT2D eigenvalue weighted by atomic mass is 10.5. The van der Waals surface area contributed by atoms with E-state index in [1.54, 1.807) is 0 Å². The molecule has 2 nitrogen and oxygen atoms in total. The van der Waals surface area contributed by atoms with Gasteiger partial charge in [0.25, 0.3) is 0 Å². The highest BCUT2D eigenvalue weighted by Gasteiger charge is 1.90. The molecule has 0 aliphatic carbocycles. The Morgan fingerprint density at radius 3 is 2.56 bits per heavy atom. The van der Waals surface area contributed by atoms with Gasteiger partial charge in [0.15, 0.2) is 0 Å². The molecule has 0 bridgehead atoms. The van der Waals surface area contributed by atoms with Crippen molar-refractivity contribution < 1.29 is 9.47 Å². The predicted molar refractivity (Wildman–Crippen MR) is 35.9 cm³/mol. The Bertz CT molecular complexity index is 91.6. The lowest BCUT2D eigenvalue weighted by molar-refractivity contribution is 0.0489. The topological polar surface area (TPSA) is 18.5 Å².